The number of ketones is 1. The van der Waals surface area contributed by atoms with E-state index in [2.05, 4.69) is 11.1 Å². The monoisotopic (exact) mass is 348 g/mol. The molecule has 1 aliphatic carbocycles. The van der Waals surface area contributed by atoms with Crippen LogP contribution in [-0.2, 0) is 4.79 Å². The van der Waals surface area contributed by atoms with Crippen LogP contribution in [0, 0.1) is 17.2 Å². The van der Waals surface area contributed by atoms with E-state index in [0.717, 1.165) is 28.0 Å². The van der Waals surface area contributed by atoms with Crippen LogP contribution in [0.5, 0.6) is 5.75 Å². The SMILES string of the molecule is COc1ccc([C@@H]2C[C@H]2C(=O)[C@H](C#N)c2nc3ccccc3s2)cc1. The minimum atomic E-state index is -0.773. The zero-order valence-corrected chi connectivity index (χ0v) is 14.5. The summed E-state index contributed by atoms with van der Waals surface area (Å²) in [7, 11) is 1.63. The predicted molar refractivity (Wildman–Crippen MR) is 96.8 cm³/mol. The van der Waals surface area contributed by atoms with Gasteiger partial charge in [-0.1, -0.05) is 24.3 Å². The van der Waals surface area contributed by atoms with E-state index in [1.807, 2.05) is 48.5 Å². The quantitative estimate of drug-likeness (QED) is 0.690. The highest BCUT2D eigenvalue weighted by molar-refractivity contribution is 7.18. The number of carbonyl (C=O) groups is 1. The lowest BCUT2D eigenvalue weighted by Gasteiger charge is -2.05. The molecule has 25 heavy (non-hydrogen) atoms. The van der Waals surface area contributed by atoms with Crippen LogP contribution in [0.2, 0.25) is 0 Å². The molecule has 1 aromatic heterocycles. The smallest absolute Gasteiger partial charge is 0.160 e. The molecule has 0 spiro atoms. The van der Waals surface area contributed by atoms with E-state index in [1.54, 1.807) is 7.11 Å². The fourth-order valence-electron chi connectivity index (χ4n) is 3.20. The van der Waals surface area contributed by atoms with Gasteiger partial charge in [0.25, 0.3) is 0 Å². The molecular formula is C20H16N2O2S. The number of carbonyl (C=O) groups excluding carboxylic acids is 1. The number of benzene rings is 2. The summed E-state index contributed by atoms with van der Waals surface area (Å²) < 4.78 is 6.18. The molecule has 1 fully saturated rings. The Labute approximate surface area is 149 Å². The van der Waals surface area contributed by atoms with Crippen molar-refractivity contribution in [1.29, 1.82) is 5.26 Å². The third-order valence-electron chi connectivity index (χ3n) is 4.67. The molecule has 0 N–H and O–H groups in total. The topological polar surface area (TPSA) is 63.0 Å². The first-order chi connectivity index (χ1) is 12.2. The molecular weight excluding hydrogens is 332 g/mol. The van der Waals surface area contributed by atoms with Crippen molar-refractivity contribution in [3.63, 3.8) is 0 Å². The number of hydrogen-bond donors (Lipinski definition) is 0. The van der Waals surface area contributed by atoms with Crippen LogP contribution in [0.15, 0.2) is 48.5 Å². The fourth-order valence-corrected chi connectivity index (χ4v) is 4.22. The predicted octanol–water partition coefficient (Wildman–Crippen LogP) is 4.28. The van der Waals surface area contributed by atoms with Gasteiger partial charge in [-0.25, -0.2) is 4.98 Å². The Morgan fingerprint density at radius 2 is 2.04 bits per heavy atom. The number of nitriles is 1. The molecule has 0 saturated heterocycles. The van der Waals surface area contributed by atoms with Gasteiger partial charge in [0.2, 0.25) is 0 Å². The molecule has 1 saturated carbocycles. The second-order valence-electron chi connectivity index (χ2n) is 6.21. The van der Waals surface area contributed by atoms with Crippen LogP contribution < -0.4 is 4.74 Å². The third kappa shape index (κ3) is 2.90. The van der Waals surface area contributed by atoms with Gasteiger partial charge in [0.05, 0.1) is 23.4 Å². The van der Waals surface area contributed by atoms with Gasteiger partial charge in [0.1, 0.15) is 10.8 Å². The summed E-state index contributed by atoms with van der Waals surface area (Å²) >= 11 is 1.43. The molecule has 0 unspecified atom stereocenters. The van der Waals surface area contributed by atoms with Gasteiger partial charge >= 0.3 is 0 Å². The Kier molecular flexibility index (Phi) is 3.98. The number of para-hydroxylation sites is 1. The third-order valence-corrected chi connectivity index (χ3v) is 5.77. The van der Waals surface area contributed by atoms with E-state index >= 15 is 0 Å². The summed E-state index contributed by atoms with van der Waals surface area (Å²) in [6.45, 7) is 0. The summed E-state index contributed by atoms with van der Waals surface area (Å²) in [5.41, 5.74) is 1.97. The molecule has 5 heteroatoms. The summed E-state index contributed by atoms with van der Waals surface area (Å²) in [4.78, 5) is 17.3. The van der Waals surface area contributed by atoms with Crippen molar-refractivity contribution in [3.8, 4) is 11.8 Å². The van der Waals surface area contributed by atoms with Crippen molar-refractivity contribution in [3.05, 3.63) is 59.1 Å². The van der Waals surface area contributed by atoms with E-state index in [9.17, 15) is 10.1 Å². The van der Waals surface area contributed by atoms with Crippen molar-refractivity contribution in [2.24, 2.45) is 5.92 Å². The van der Waals surface area contributed by atoms with Crippen molar-refractivity contribution in [1.82, 2.24) is 4.98 Å². The van der Waals surface area contributed by atoms with Crippen molar-refractivity contribution < 1.29 is 9.53 Å². The molecule has 4 nitrogen and oxygen atoms in total. The molecule has 124 valence electrons. The lowest BCUT2D eigenvalue weighted by Crippen LogP contribution is -2.13. The molecule has 3 aromatic rings. The van der Waals surface area contributed by atoms with Crippen molar-refractivity contribution in [2.75, 3.05) is 7.11 Å². The Morgan fingerprint density at radius 1 is 1.28 bits per heavy atom. The molecule has 2 aromatic carbocycles. The average molecular weight is 348 g/mol. The number of nitrogens with zero attached hydrogens (tertiary/aromatic N) is 2. The zero-order chi connectivity index (χ0) is 17.4. The van der Waals surface area contributed by atoms with Crippen LogP contribution >= 0.6 is 11.3 Å². The highest BCUT2D eigenvalue weighted by atomic mass is 32.1. The van der Waals surface area contributed by atoms with E-state index in [4.69, 9.17) is 4.74 Å². The first kappa shape index (κ1) is 15.8. The minimum Gasteiger partial charge on any atom is -0.497 e. The highest BCUT2D eigenvalue weighted by Crippen LogP contribution is 2.50. The van der Waals surface area contributed by atoms with E-state index in [1.165, 1.54) is 11.3 Å². The number of aromatic nitrogens is 1. The Hall–Kier alpha value is -2.71. The number of thiazole rings is 1. The molecule has 1 aliphatic rings. The Bertz CT molecular complexity index is 938. The van der Waals surface area contributed by atoms with E-state index < -0.39 is 5.92 Å². The number of methoxy groups -OCH3 is 1. The Balaban J connectivity index is 1.54. The minimum absolute atomic E-state index is 0.0117. The number of hydrogen-bond acceptors (Lipinski definition) is 5. The lowest BCUT2D eigenvalue weighted by molar-refractivity contribution is -0.120. The summed E-state index contributed by atoms with van der Waals surface area (Å²) in [5.74, 6) is 0.123. The van der Waals surface area contributed by atoms with E-state index in [0.29, 0.717) is 5.01 Å². The first-order valence-electron chi connectivity index (χ1n) is 8.14. The summed E-state index contributed by atoms with van der Waals surface area (Å²) in [6.07, 6.45) is 0.800. The number of rotatable bonds is 5. The molecule has 0 bridgehead atoms. The second kappa shape index (κ2) is 6.30. The van der Waals surface area contributed by atoms with Crippen molar-refractivity contribution in [2.45, 2.75) is 18.3 Å². The van der Waals surface area contributed by atoms with E-state index in [-0.39, 0.29) is 17.6 Å². The van der Waals surface area contributed by atoms with Crippen LogP contribution in [0.1, 0.15) is 28.8 Å². The molecule has 0 radical (unpaired) electrons. The standard InChI is InChI=1S/C20H16N2O2S/c1-24-13-8-6-12(7-9-13)14-10-15(14)19(23)16(11-21)20-22-17-4-2-3-5-18(17)25-20/h2-9,14-16H,10H2,1H3/t14-,15+,16-/m0/s1. The first-order valence-corrected chi connectivity index (χ1v) is 8.95. The van der Waals surface area contributed by atoms with Gasteiger partial charge < -0.3 is 4.74 Å². The highest BCUT2D eigenvalue weighted by Gasteiger charge is 2.47. The van der Waals surface area contributed by atoms with Gasteiger partial charge in [-0.2, -0.15) is 5.26 Å². The Morgan fingerprint density at radius 3 is 2.72 bits per heavy atom. The van der Waals surface area contributed by atoms with Gasteiger partial charge in [0, 0.05) is 5.92 Å². The summed E-state index contributed by atoms with van der Waals surface area (Å²) in [5, 5.41) is 10.2. The van der Waals surface area contributed by atoms with Crippen molar-refractivity contribution >= 4 is 27.3 Å². The lowest BCUT2D eigenvalue weighted by atomic mass is 9.99. The zero-order valence-electron chi connectivity index (χ0n) is 13.7. The molecule has 1 heterocycles. The maximum Gasteiger partial charge on any atom is 0.160 e. The molecule has 3 atom stereocenters. The van der Waals surface area contributed by atoms with Gasteiger partial charge in [0.15, 0.2) is 11.7 Å². The maximum absolute atomic E-state index is 12.8. The van der Waals surface area contributed by atoms with Gasteiger partial charge in [-0.05, 0) is 42.2 Å². The van der Waals surface area contributed by atoms with Crippen LogP contribution in [0.25, 0.3) is 10.2 Å². The summed E-state index contributed by atoms with van der Waals surface area (Å²) in [6, 6.07) is 17.7. The number of Topliss-reactive ketones (excluding diaryl/α,β-unsaturated/α-hetero) is 1. The molecule has 0 amide bonds. The second-order valence-corrected chi connectivity index (χ2v) is 7.27. The normalized spacial score (nSPS) is 20.0. The van der Waals surface area contributed by atoms with Gasteiger partial charge in [-0.15, -0.1) is 11.3 Å². The van der Waals surface area contributed by atoms with Crippen LogP contribution in [0.3, 0.4) is 0 Å². The van der Waals surface area contributed by atoms with Crippen LogP contribution in [0.4, 0.5) is 0 Å². The van der Waals surface area contributed by atoms with Gasteiger partial charge in [-0.3, -0.25) is 4.79 Å². The number of ether oxygens (including phenoxy) is 1. The molecule has 0 aliphatic heterocycles. The largest absolute Gasteiger partial charge is 0.497 e. The number of fused-ring (bicyclic) bond motifs is 1. The molecule has 4 rings (SSSR count). The fraction of sp³-hybridized carbons (Fsp3) is 0.250. The average Bonchev–Trinajstić information content (AvgIpc) is 3.34. The maximum atomic E-state index is 12.8. The van der Waals surface area contributed by atoms with Crippen LogP contribution in [-0.4, -0.2) is 17.9 Å².